The van der Waals surface area contributed by atoms with Crippen LogP contribution in [0, 0.1) is 6.92 Å². The van der Waals surface area contributed by atoms with Crippen LogP contribution in [-0.2, 0) is 21.4 Å². The zero-order valence-corrected chi connectivity index (χ0v) is 18.2. The molecule has 0 bridgehead atoms. The lowest BCUT2D eigenvalue weighted by Gasteiger charge is -2.10. The van der Waals surface area contributed by atoms with Gasteiger partial charge in [0.05, 0.1) is 15.9 Å². The van der Waals surface area contributed by atoms with E-state index in [0.29, 0.717) is 12.2 Å². The van der Waals surface area contributed by atoms with Gasteiger partial charge in [0.2, 0.25) is 5.91 Å². The zero-order chi connectivity index (χ0) is 22.4. The molecule has 1 heterocycles. The molecule has 0 saturated heterocycles. The molecule has 0 unspecified atom stereocenters. The summed E-state index contributed by atoms with van der Waals surface area (Å²) in [6.07, 6.45) is 1.65. The third-order valence-electron chi connectivity index (χ3n) is 4.64. The number of benzene rings is 2. The number of rotatable bonds is 8. The Morgan fingerprint density at radius 3 is 2.48 bits per heavy atom. The number of fused-ring (bicyclic) bond motifs is 1. The highest BCUT2D eigenvalue weighted by atomic mass is 32.2. The van der Waals surface area contributed by atoms with E-state index in [1.54, 1.807) is 0 Å². The second-order valence-corrected chi connectivity index (χ2v) is 8.70. The van der Waals surface area contributed by atoms with Gasteiger partial charge >= 0.3 is 6.03 Å². The van der Waals surface area contributed by atoms with Crippen molar-refractivity contribution < 1.29 is 18.0 Å². The molecular formula is C21H25N5O4S. The smallest absolute Gasteiger partial charge is 0.328 e. The number of anilines is 1. The standard InChI is InChI=1S/C21H25N5O4S/c1-3-4-13-22-21(28)25-31(29,30)17-11-9-16(10-12-17)24-20(27)14-26-15(2)23-18-7-5-6-8-19(18)26/h5-12H,3-4,13-14H2,1-2H3,(H,24,27)(H2,22,25,28). The average Bonchev–Trinajstić information content (AvgIpc) is 3.03. The summed E-state index contributed by atoms with van der Waals surface area (Å²) in [5.74, 6) is 0.455. The number of para-hydroxylation sites is 2. The predicted molar refractivity (Wildman–Crippen MR) is 118 cm³/mol. The maximum atomic E-state index is 12.5. The van der Waals surface area contributed by atoms with Crippen molar-refractivity contribution in [1.29, 1.82) is 0 Å². The quantitative estimate of drug-likeness (QED) is 0.462. The number of nitrogens with zero attached hydrogens (tertiary/aromatic N) is 2. The van der Waals surface area contributed by atoms with Crippen LogP contribution in [0.4, 0.5) is 10.5 Å². The number of imidazole rings is 1. The third-order valence-corrected chi connectivity index (χ3v) is 5.99. The van der Waals surface area contributed by atoms with E-state index in [4.69, 9.17) is 0 Å². The van der Waals surface area contributed by atoms with Crippen molar-refractivity contribution in [2.75, 3.05) is 11.9 Å². The number of aryl methyl sites for hydroxylation is 1. The van der Waals surface area contributed by atoms with Crippen molar-refractivity contribution in [1.82, 2.24) is 19.6 Å². The number of nitrogens with one attached hydrogen (secondary N) is 3. The van der Waals surface area contributed by atoms with E-state index in [1.807, 2.05) is 47.4 Å². The van der Waals surface area contributed by atoms with Crippen molar-refractivity contribution in [3.63, 3.8) is 0 Å². The molecule has 0 aliphatic rings. The zero-order valence-electron chi connectivity index (χ0n) is 17.4. The van der Waals surface area contributed by atoms with E-state index in [-0.39, 0.29) is 17.3 Å². The summed E-state index contributed by atoms with van der Waals surface area (Å²) >= 11 is 0. The topological polar surface area (TPSA) is 122 Å². The number of aromatic nitrogens is 2. The van der Waals surface area contributed by atoms with Crippen LogP contribution < -0.4 is 15.4 Å². The Balaban J connectivity index is 1.62. The minimum absolute atomic E-state index is 0.0753. The highest BCUT2D eigenvalue weighted by molar-refractivity contribution is 7.90. The lowest BCUT2D eigenvalue weighted by atomic mass is 10.3. The molecular weight excluding hydrogens is 418 g/mol. The van der Waals surface area contributed by atoms with E-state index < -0.39 is 16.1 Å². The molecule has 0 radical (unpaired) electrons. The first-order valence-corrected chi connectivity index (χ1v) is 11.4. The lowest BCUT2D eigenvalue weighted by molar-refractivity contribution is -0.116. The van der Waals surface area contributed by atoms with E-state index in [9.17, 15) is 18.0 Å². The summed E-state index contributed by atoms with van der Waals surface area (Å²) in [7, 11) is -4.00. The maximum Gasteiger partial charge on any atom is 0.328 e. The Morgan fingerprint density at radius 2 is 1.77 bits per heavy atom. The average molecular weight is 444 g/mol. The van der Waals surface area contributed by atoms with Crippen LogP contribution in [0.2, 0.25) is 0 Å². The van der Waals surface area contributed by atoms with Crippen molar-refractivity contribution in [3.8, 4) is 0 Å². The number of urea groups is 1. The van der Waals surface area contributed by atoms with E-state index in [0.717, 1.165) is 29.7 Å². The summed E-state index contributed by atoms with van der Waals surface area (Å²) in [6.45, 7) is 4.27. The van der Waals surface area contributed by atoms with Crippen LogP contribution in [0.1, 0.15) is 25.6 Å². The number of unbranched alkanes of at least 4 members (excludes halogenated alkanes) is 1. The van der Waals surface area contributed by atoms with Crippen LogP contribution in [0.3, 0.4) is 0 Å². The molecule has 0 aliphatic heterocycles. The maximum absolute atomic E-state index is 12.5. The highest BCUT2D eigenvalue weighted by Crippen LogP contribution is 2.17. The van der Waals surface area contributed by atoms with Crippen molar-refractivity contribution in [2.24, 2.45) is 0 Å². The molecule has 2 aromatic carbocycles. The number of hydrogen-bond acceptors (Lipinski definition) is 5. The van der Waals surface area contributed by atoms with Gasteiger partial charge in [-0.05, 0) is 49.7 Å². The van der Waals surface area contributed by atoms with Crippen molar-refractivity contribution in [3.05, 3.63) is 54.4 Å². The SMILES string of the molecule is CCCCNC(=O)NS(=O)(=O)c1ccc(NC(=O)Cn2c(C)nc3ccccc32)cc1. The van der Waals surface area contributed by atoms with Gasteiger partial charge in [0.1, 0.15) is 12.4 Å². The number of carbonyl (C=O) groups excluding carboxylic acids is 2. The van der Waals surface area contributed by atoms with Gasteiger partial charge in [0.25, 0.3) is 10.0 Å². The Bertz CT molecular complexity index is 1190. The fourth-order valence-corrected chi connectivity index (χ4v) is 3.98. The lowest BCUT2D eigenvalue weighted by Crippen LogP contribution is -2.39. The van der Waals surface area contributed by atoms with Gasteiger partial charge in [-0.1, -0.05) is 25.5 Å². The van der Waals surface area contributed by atoms with Crippen LogP contribution in [0.5, 0.6) is 0 Å². The van der Waals surface area contributed by atoms with Gasteiger partial charge in [0, 0.05) is 12.2 Å². The summed E-state index contributed by atoms with van der Waals surface area (Å²) in [5.41, 5.74) is 2.12. The molecule has 31 heavy (non-hydrogen) atoms. The van der Waals surface area contributed by atoms with Gasteiger partial charge in [-0.2, -0.15) is 0 Å². The predicted octanol–water partition coefficient (Wildman–Crippen LogP) is 2.77. The Kier molecular flexibility index (Phi) is 6.91. The minimum atomic E-state index is -4.00. The van der Waals surface area contributed by atoms with Crippen LogP contribution >= 0.6 is 0 Å². The molecule has 3 aromatic rings. The monoisotopic (exact) mass is 443 g/mol. The second kappa shape index (κ2) is 9.61. The number of hydrogen-bond donors (Lipinski definition) is 3. The van der Waals surface area contributed by atoms with Crippen molar-refractivity contribution in [2.45, 2.75) is 38.1 Å². The Morgan fingerprint density at radius 1 is 1.06 bits per heavy atom. The molecule has 0 spiro atoms. The fraction of sp³-hybridized carbons (Fsp3) is 0.286. The molecule has 1 aromatic heterocycles. The Hall–Kier alpha value is -3.40. The first kappa shape index (κ1) is 22.3. The van der Waals surface area contributed by atoms with Gasteiger partial charge in [-0.25, -0.2) is 22.9 Å². The summed E-state index contributed by atoms with van der Waals surface area (Å²) in [6, 6.07) is 12.4. The van der Waals surface area contributed by atoms with Gasteiger partial charge < -0.3 is 15.2 Å². The van der Waals surface area contributed by atoms with Gasteiger partial charge in [0.15, 0.2) is 0 Å². The fourth-order valence-electron chi connectivity index (χ4n) is 3.05. The van der Waals surface area contributed by atoms with Crippen LogP contribution in [-0.4, -0.2) is 36.5 Å². The summed E-state index contributed by atoms with van der Waals surface area (Å²) in [4.78, 5) is 28.6. The molecule has 164 valence electrons. The number of sulfonamides is 1. The number of amides is 3. The molecule has 10 heteroatoms. The van der Waals surface area contributed by atoms with Crippen LogP contribution in [0.15, 0.2) is 53.4 Å². The first-order chi connectivity index (χ1) is 14.8. The molecule has 0 fully saturated rings. The molecule has 0 aliphatic carbocycles. The highest BCUT2D eigenvalue weighted by Gasteiger charge is 2.17. The summed E-state index contributed by atoms with van der Waals surface area (Å²) in [5, 5.41) is 5.24. The molecule has 9 nitrogen and oxygen atoms in total. The molecule has 3 rings (SSSR count). The van der Waals surface area contributed by atoms with Gasteiger partial charge in [-0.15, -0.1) is 0 Å². The van der Waals surface area contributed by atoms with Crippen LogP contribution in [0.25, 0.3) is 11.0 Å². The second-order valence-electron chi connectivity index (χ2n) is 7.02. The third kappa shape index (κ3) is 5.60. The minimum Gasteiger partial charge on any atom is -0.337 e. The summed E-state index contributed by atoms with van der Waals surface area (Å²) < 4.78 is 28.4. The van der Waals surface area contributed by atoms with Gasteiger partial charge in [-0.3, -0.25) is 4.79 Å². The Labute approximate surface area is 180 Å². The number of carbonyl (C=O) groups is 2. The van der Waals surface area contributed by atoms with E-state index in [1.165, 1.54) is 24.3 Å². The van der Waals surface area contributed by atoms with E-state index in [2.05, 4.69) is 15.6 Å². The molecule has 3 amide bonds. The van der Waals surface area contributed by atoms with E-state index >= 15 is 0 Å². The molecule has 0 saturated carbocycles. The molecule has 3 N–H and O–H groups in total. The first-order valence-electron chi connectivity index (χ1n) is 9.92. The largest absolute Gasteiger partial charge is 0.337 e. The molecule has 0 atom stereocenters. The van der Waals surface area contributed by atoms with Crippen molar-refractivity contribution >= 4 is 38.7 Å². The normalized spacial score (nSPS) is 11.3.